The second kappa shape index (κ2) is 7.12. The summed E-state index contributed by atoms with van der Waals surface area (Å²) >= 11 is 5.25. The quantitative estimate of drug-likeness (QED) is 0.504. The summed E-state index contributed by atoms with van der Waals surface area (Å²) in [5.74, 6) is 0.438. The molecule has 2 rings (SSSR count). The molecule has 0 aromatic heterocycles. The summed E-state index contributed by atoms with van der Waals surface area (Å²) in [5, 5.41) is 15.7. The number of nitrogens with two attached hydrogens (primary N) is 1. The Bertz CT molecular complexity index is 515. The van der Waals surface area contributed by atoms with Crippen LogP contribution in [0.5, 0.6) is 0 Å². The molecule has 5 N–H and O–H groups in total. The predicted octanol–water partition coefficient (Wildman–Crippen LogP) is 1.95. The first kappa shape index (κ1) is 15.4. The highest BCUT2D eigenvalue weighted by atomic mass is 32.1. The maximum absolute atomic E-state index is 10.8. The second-order valence-corrected chi connectivity index (χ2v) is 5.54. The highest BCUT2D eigenvalue weighted by Crippen LogP contribution is 2.18. The van der Waals surface area contributed by atoms with Crippen molar-refractivity contribution in [1.82, 2.24) is 10.2 Å². The third-order valence-electron chi connectivity index (χ3n) is 3.65. The monoisotopic (exact) mass is 308 g/mol. The topological polar surface area (TPSA) is 90.6 Å². The zero-order valence-corrected chi connectivity index (χ0v) is 12.5. The summed E-state index contributed by atoms with van der Waals surface area (Å²) in [6.07, 6.45) is 0.878. The summed E-state index contributed by atoms with van der Waals surface area (Å²) < 4.78 is 0. The Labute approximate surface area is 129 Å². The van der Waals surface area contributed by atoms with Gasteiger partial charge in [-0.1, -0.05) is 12.1 Å². The zero-order chi connectivity index (χ0) is 15.2. The lowest BCUT2D eigenvalue weighted by molar-refractivity contribution is 0.125. The van der Waals surface area contributed by atoms with Gasteiger partial charge in [-0.2, -0.15) is 0 Å². The first-order chi connectivity index (χ1) is 10.1. The van der Waals surface area contributed by atoms with Gasteiger partial charge in [-0.25, -0.2) is 4.79 Å². The minimum atomic E-state index is -0.835. The normalized spacial score (nSPS) is 15.5. The standard InChI is InChI=1S/C14H20N4O2S/c15-11-3-1-2-4-12(11)17-13(21)16-9-10-5-7-18(8-6-10)14(19)20/h1-4,10H,5-9,15H2,(H,19,20)(H2,16,17,21). The van der Waals surface area contributed by atoms with Crippen LogP contribution in [0.25, 0.3) is 0 Å². The molecule has 1 amide bonds. The number of nitrogens with one attached hydrogen (secondary N) is 2. The van der Waals surface area contributed by atoms with Crippen LogP contribution in [0, 0.1) is 5.92 Å². The number of carboxylic acid groups (broad SMARTS) is 1. The van der Waals surface area contributed by atoms with Gasteiger partial charge < -0.3 is 26.4 Å². The number of thiocarbonyl (C=S) groups is 1. The van der Waals surface area contributed by atoms with E-state index in [-0.39, 0.29) is 0 Å². The number of hydrogen-bond acceptors (Lipinski definition) is 3. The molecular weight excluding hydrogens is 288 g/mol. The van der Waals surface area contributed by atoms with E-state index in [1.54, 1.807) is 0 Å². The molecule has 0 saturated carbocycles. The fourth-order valence-electron chi connectivity index (χ4n) is 2.34. The third kappa shape index (κ3) is 4.49. The lowest BCUT2D eigenvalue weighted by atomic mass is 9.97. The van der Waals surface area contributed by atoms with E-state index in [9.17, 15) is 4.79 Å². The van der Waals surface area contributed by atoms with Crippen LogP contribution in [-0.4, -0.2) is 40.8 Å². The first-order valence-corrected chi connectivity index (χ1v) is 7.34. The van der Waals surface area contributed by atoms with Gasteiger partial charge in [0.05, 0.1) is 11.4 Å². The number of nitrogens with zero attached hydrogens (tertiary/aromatic N) is 1. The molecule has 21 heavy (non-hydrogen) atoms. The molecule has 114 valence electrons. The number of benzene rings is 1. The van der Waals surface area contributed by atoms with Crippen molar-refractivity contribution < 1.29 is 9.90 Å². The number of likely N-dealkylation sites (tertiary alicyclic amines) is 1. The molecule has 1 fully saturated rings. The Balaban J connectivity index is 1.73. The summed E-state index contributed by atoms with van der Waals surface area (Å²) in [6.45, 7) is 1.92. The fraction of sp³-hybridized carbons (Fsp3) is 0.429. The summed E-state index contributed by atoms with van der Waals surface area (Å²) in [4.78, 5) is 12.3. The minimum Gasteiger partial charge on any atom is -0.465 e. The van der Waals surface area contributed by atoms with Crippen molar-refractivity contribution in [2.45, 2.75) is 12.8 Å². The van der Waals surface area contributed by atoms with Crippen LogP contribution in [0.4, 0.5) is 16.2 Å². The van der Waals surface area contributed by atoms with Crippen molar-refractivity contribution in [2.24, 2.45) is 5.92 Å². The Morgan fingerprint density at radius 1 is 1.38 bits per heavy atom. The number of piperidine rings is 1. The van der Waals surface area contributed by atoms with Crippen LogP contribution >= 0.6 is 12.2 Å². The number of para-hydroxylation sites is 2. The molecular formula is C14H20N4O2S. The van der Waals surface area contributed by atoms with Crippen molar-refractivity contribution in [3.8, 4) is 0 Å². The van der Waals surface area contributed by atoms with E-state index in [1.165, 1.54) is 4.90 Å². The lowest BCUT2D eigenvalue weighted by Crippen LogP contribution is -2.41. The number of rotatable bonds is 3. The summed E-state index contributed by atoms with van der Waals surface area (Å²) in [7, 11) is 0. The Hall–Kier alpha value is -2.02. The van der Waals surface area contributed by atoms with E-state index in [0.717, 1.165) is 25.1 Å². The first-order valence-electron chi connectivity index (χ1n) is 6.93. The highest BCUT2D eigenvalue weighted by Gasteiger charge is 2.22. The molecule has 7 heteroatoms. The molecule has 6 nitrogen and oxygen atoms in total. The summed E-state index contributed by atoms with van der Waals surface area (Å²) in [5.41, 5.74) is 7.28. The number of carbonyl (C=O) groups is 1. The molecule has 1 saturated heterocycles. The predicted molar refractivity (Wildman–Crippen MR) is 87.4 cm³/mol. The van der Waals surface area contributed by atoms with Crippen LogP contribution in [0.1, 0.15) is 12.8 Å². The third-order valence-corrected chi connectivity index (χ3v) is 3.89. The highest BCUT2D eigenvalue weighted by molar-refractivity contribution is 7.80. The number of amides is 1. The van der Waals surface area contributed by atoms with Crippen molar-refractivity contribution in [3.05, 3.63) is 24.3 Å². The van der Waals surface area contributed by atoms with Gasteiger partial charge in [-0.3, -0.25) is 0 Å². The Morgan fingerprint density at radius 3 is 2.67 bits per heavy atom. The van der Waals surface area contributed by atoms with E-state index < -0.39 is 6.09 Å². The number of anilines is 2. The molecule has 0 spiro atoms. The van der Waals surface area contributed by atoms with E-state index in [1.807, 2.05) is 24.3 Å². The van der Waals surface area contributed by atoms with Crippen LogP contribution in [-0.2, 0) is 0 Å². The SMILES string of the molecule is Nc1ccccc1NC(=S)NCC1CCN(C(=O)O)CC1. The Morgan fingerprint density at radius 2 is 2.05 bits per heavy atom. The molecule has 1 aliphatic rings. The number of hydrogen-bond donors (Lipinski definition) is 4. The van der Waals surface area contributed by atoms with Gasteiger partial charge in [-0.15, -0.1) is 0 Å². The van der Waals surface area contributed by atoms with Crippen LogP contribution in [0.2, 0.25) is 0 Å². The molecule has 1 aromatic rings. The van der Waals surface area contributed by atoms with Crippen molar-refractivity contribution >= 4 is 34.8 Å². The van der Waals surface area contributed by atoms with Crippen LogP contribution < -0.4 is 16.4 Å². The molecule has 1 heterocycles. The van der Waals surface area contributed by atoms with E-state index >= 15 is 0 Å². The van der Waals surface area contributed by atoms with Crippen LogP contribution in [0.15, 0.2) is 24.3 Å². The van der Waals surface area contributed by atoms with E-state index in [4.69, 9.17) is 23.1 Å². The molecule has 0 unspecified atom stereocenters. The van der Waals surface area contributed by atoms with Crippen molar-refractivity contribution in [3.63, 3.8) is 0 Å². The molecule has 0 radical (unpaired) electrons. The van der Waals surface area contributed by atoms with Gasteiger partial charge in [0.25, 0.3) is 0 Å². The fourth-order valence-corrected chi connectivity index (χ4v) is 2.54. The maximum atomic E-state index is 10.8. The average molecular weight is 308 g/mol. The van der Waals surface area contributed by atoms with Crippen LogP contribution in [0.3, 0.4) is 0 Å². The van der Waals surface area contributed by atoms with E-state index in [0.29, 0.717) is 29.8 Å². The smallest absolute Gasteiger partial charge is 0.407 e. The zero-order valence-electron chi connectivity index (χ0n) is 11.7. The van der Waals surface area contributed by atoms with Gasteiger partial charge in [0.1, 0.15) is 0 Å². The van der Waals surface area contributed by atoms with Gasteiger partial charge in [0.2, 0.25) is 0 Å². The molecule has 0 atom stereocenters. The lowest BCUT2D eigenvalue weighted by Gasteiger charge is -2.30. The van der Waals surface area contributed by atoms with Gasteiger partial charge in [-0.05, 0) is 43.1 Å². The van der Waals surface area contributed by atoms with Crippen molar-refractivity contribution in [2.75, 3.05) is 30.7 Å². The van der Waals surface area contributed by atoms with Gasteiger partial charge in [0.15, 0.2) is 5.11 Å². The van der Waals surface area contributed by atoms with Gasteiger partial charge >= 0.3 is 6.09 Å². The second-order valence-electron chi connectivity index (χ2n) is 5.14. The van der Waals surface area contributed by atoms with Gasteiger partial charge in [0, 0.05) is 19.6 Å². The minimum absolute atomic E-state index is 0.438. The Kier molecular flexibility index (Phi) is 5.21. The summed E-state index contributed by atoms with van der Waals surface area (Å²) in [6, 6.07) is 7.44. The average Bonchev–Trinajstić information content (AvgIpc) is 2.48. The number of nitrogen functional groups attached to an aromatic ring is 1. The molecule has 1 aromatic carbocycles. The largest absolute Gasteiger partial charge is 0.465 e. The molecule has 0 aliphatic carbocycles. The van der Waals surface area contributed by atoms with Crippen molar-refractivity contribution in [1.29, 1.82) is 0 Å². The maximum Gasteiger partial charge on any atom is 0.407 e. The molecule has 0 bridgehead atoms. The molecule has 1 aliphatic heterocycles. The van der Waals surface area contributed by atoms with E-state index in [2.05, 4.69) is 10.6 Å².